The van der Waals surface area contributed by atoms with Crippen LogP contribution in [0.1, 0.15) is 17.3 Å². The van der Waals surface area contributed by atoms with Crippen molar-refractivity contribution in [3.63, 3.8) is 0 Å². The van der Waals surface area contributed by atoms with Gasteiger partial charge in [-0.25, -0.2) is 0 Å². The third-order valence-corrected chi connectivity index (χ3v) is 3.88. The minimum Gasteiger partial charge on any atom is -0.312 e. The molecule has 1 N–H and O–H groups in total. The standard InChI is InChI=1S/C15H11NO2S/c1-9(17)10-3-2-4-11(7-10)12-5-6-14-13(8-12)16-15(18)19-14/h2-8H,1H3,(H,16,18). The molecule has 0 amide bonds. The molecule has 0 fully saturated rings. The molecule has 0 aliphatic heterocycles. The smallest absolute Gasteiger partial charge is 0.305 e. The fourth-order valence-corrected chi connectivity index (χ4v) is 2.77. The number of fused-ring (bicyclic) bond motifs is 1. The van der Waals surface area contributed by atoms with E-state index in [-0.39, 0.29) is 10.7 Å². The number of hydrogen-bond donors (Lipinski definition) is 1. The van der Waals surface area contributed by atoms with Gasteiger partial charge >= 0.3 is 4.87 Å². The highest BCUT2D eigenvalue weighted by molar-refractivity contribution is 7.16. The van der Waals surface area contributed by atoms with Crippen molar-refractivity contribution in [2.75, 3.05) is 0 Å². The molecule has 0 saturated heterocycles. The summed E-state index contributed by atoms with van der Waals surface area (Å²) in [7, 11) is 0. The monoisotopic (exact) mass is 269 g/mol. The van der Waals surface area contributed by atoms with E-state index < -0.39 is 0 Å². The lowest BCUT2D eigenvalue weighted by atomic mass is 10.0. The molecule has 1 aromatic heterocycles. The molecule has 0 saturated carbocycles. The summed E-state index contributed by atoms with van der Waals surface area (Å²) in [5.41, 5.74) is 3.49. The summed E-state index contributed by atoms with van der Waals surface area (Å²) in [6.45, 7) is 1.55. The summed E-state index contributed by atoms with van der Waals surface area (Å²) in [6, 6.07) is 13.3. The number of ketones is 1. The van der Waals surface area contributed by atoms with Crippen LogP contribution in [-0.2, 0) is 0 Å². The number of aromatic nitrogens is 1. The van der Waals surface area contributed by atoms with Crippen LogP contribution in [0.5, 0.6) is 0 Å². The summed E-state index contributed by atoms with van der Waals surface area (Å²) in [6.07, 6.45) is 0. The van der Waals surface area contributed by atoms with E-state index in [0.717, 1.165) is 21.3 Å². The zero-order chi connectivity index (χ0) is 13.4. The maximum Gasteiger partial charge on any atom is 0.305 e. The van der Waals surface area contributed by atoms with E-state index in [1.807, 2.05) is 36.4 Å². The number of nitrogens with one attached hydrogen (secondary N) is 1. The molecule has 3 rings (SSSR count). The Hall–Kier alpha value is -2.20. The van der Waals surface area contributed by atoms with Crippen LogP contribution in [0.15, 0.2) is 47.3 Å². The summed E-state index contributed by atoms with van der Waals surface area (Å²) in [4.78, 5) is 25.4. The number of H-pyrrole nitrogens is 1. The van der Waals surface area contributed by atoms with Crippen LogP contribution in [0.2, 0.25) is 0 Å². The Morgan fingerprint density at radius 1 is 1.11 bits per heavy atom. The van der Waals surface area contributed by atoms with Crippen molar-refractivity contribution in [1.82, 2.24) is 4.98 Å². The van der Waals surface area contributed by atoms with Gasteiger partial charge in [-0.1, -0.05) is 35.6 Å². The van der Waals surface area contributed by atoms with Gasteiger partial charge in [0.2, 0.25) is 0 Å². The lowest BCUT2D eigenvalue weighted by Crippen LogP contribution is -1.92. The highest BCUT2D eigenvalue weighted by Crippen LogP contribution is 2.25. The molecule has 1 heterocycles. The first kappa shape index (κ1) is 11.9. The summed E-state index contributed by atoms with van der Waals surface area (Å²) in [5.74, 6) is 0.0480. The minimum atomic E-state index is -0.0513. The molecule has 19 heavy (non-hydrogen) atoms. The van der Waals surface area contributed by atoms with Crippen molar-refractivity contribution in [1.29, 1.82) is 0 Å². The number of Topliss-reactive ketones (excluding diaryl/α,β-unsaturated/α-hetero) is 1. The first-order valence-electron chi connectivity index (χ1n) is 5.88. The highest BCUT2D eigenvalue weighted by atomic mass is 32.1. The number of hydrogen-bond acceptors (Lipinski definition) is 3. The molecule has 0 unspecified atom stereocenters. The molecular weight excluding hydrogens is 258 g/mol. The topological polar surface area (TPSA) is 49.9 Å². The minimum absolute atomic E-state index is 0.0480. The maximum absolute atomic E-state index is 11.4. The predicted molar refractivity (Wildman–Crippen MR) is 77.9 cm³/mol. The fourth-order valence-electron chi connectivity index (χ4n) is 2.05. The predicted octanol–water partition coefficient (Wildman–Crippen LogP) is 3.46. The molecule has 0 spiro atoms. The van der Waals surface area contributed by atoms with Crippen molar-refractivity contribution >= 4 is 27.3 Å². The van der Waals surface area contributed by atoms with Crippen molar-refractivity contribution in [3.05, 3.63) is 57.7 Å². The first-order valence-corrected chi connectivity index (χ1v) is 6.69. The molecule has 0 radical (unpaired) electrons. The van der Waals surface area contributed by atoms with Gasteiger partial charge < -0.3 is 4.98 Å². The molecule has 0 aliphatic carbocycles. The second-order valence-electron chi connectivity index (χ2n) is 4.36. The second-order valence-corrected chi connectivity index (χ2v) is 5.38. The summed E-state index contributed by atoms with van der Waals surface area (Å²) in [5, 5.41) is 0. The lowest BCUT2D eigenvalue weighted by Gasteiger charge is -2.03. The second kappa shape index (κ2) is 4.48. The third kappa shape index (κ3) is 2.22. The van der Waals surface area contributed by atoms with Gasteiger partial charge in [0.1, 0.15) is 0 Å². The van der Waals surface area contributed by atoms with Gasteiger partial charge in [-0.2, -0.15) is 0 Å². The lowest BCUT2D eigenvalue weighted by molar-refractivity contribution is 0.101. The Morgan fingerprint density at radius 2 is 1.89 bits per heavy atom. The Kier molecular flexibility index (Phi) is 2.80. The van der Waals surface area contributed by atoms with Crippen molar-refractivity contribution in [2.45, 2.75) is 6.92 Å². The van der Waals surface area contributed by atoms with E-state index in [4.69, 9.17) is 0 Å². The van der Waals surface area contributed by atoms with Crippen LogP contribution in [-0.4, -0.2) is 10.8 Å². The van der Waals surface area contributed by atoms with Gasteiger partial charge in [-0.15, -0.1) is 0 Å². The van der Waals surface area contributed by atoms with E-state index in [9.17, 15) is 9.59 Å². The van der Waals surface area contributed by atoms with E-state index >= 15 is 0 Å². The van der Waals surface area contributed by atoms with Gasteiger partial charge in [0, 0.05) is 5.56 Å². The molecule has 94 valence electrons. The third-order valence-electron chi connectivity index (χ3n) is 3.02. The average Bonchev–Trinajstić information content (AvgIpc) is 2.77. The molecule has 3 aromatic rings. The van der Waals surface area contributed by atoms with Crippen LogP contribution in [0.4, 0.5) is 0 Å². The van der Waals surface area contributed by atoms with Gasteiger partial charge in [-0.3, -0.25) is 9.59 Å². The SMILES string of the molecule is CC(=O)c1cccc(-c2ccc3sc(=O)[nH]c3c2)c1. The van der Waals surface area contributed by atoms with E-state index in [0.29, 0.717) is 5.56 Å². The van der Waals surface area contributed by atoms with Crippen molar-refractivity contribution < 1.29 is 4.79 Å². The quantitative estimate of drug-likeness (QED) is 0.724. The molecular formula is C15H11NO2S. The highest BCUT2D eigenvalue weighted by Gasteiger charge is 2.05. The van der Waals surface area contributed by atoms with Crippen LogP contribution >= 0.6 is 11.3 Å². The van der Waals surface area contributed by atoms with E-state index in [1.54, 1.807) is 13.0 Å². The number of carbonyl (C=O) groups excluding carboxylic acids is 1. The summed E-state index contributed by atoms with van der Waals surface area (Å²) >= 11 is 1.20. The van der Waals surface area contributed by atoms with Crippen LogP contribution < -0.4 is 4.87 Å². The Morgan fingerprint density at radius 3 is 2.68 bits per heavy atom. The number of rotatable bonds is 2. The van der Waals surface area contributed by atoms with Crippen LogP contribution in [0.3, 0.4) is 0 Å². The molecule has 0 bridgehead atoms. The Labute approximate surface area is 113 Å². The molecule has 0 aliphatic rings. The van der Waals surface area contributed by atoms with E-state index in [2.05, 4.69) is 4.98 Å². The largest absolute Gasteiger partial charge is 0.312 e. The van der Waals surface area contributed by atoms with Gasteiger partial charge in [0.05, 0.1) is 10.2 Å². The van der Waals surface area contributed by atoms with Crippen LogP contribution in [0, 0.1) is 0 Å². The molecule has 0 atom stereocenters. The first-order chi connectivity index (χ1) is 9.13. The number of benzene rings is 2. The summed E-state index contributed by atoms with van der Waals surface area (Å²) < 4.78 is 0.941. The number of carbonyl (C=O) groups is 1. The molecule has 4 heteroatoms. The molecule has 2 aromatic carbocycles. The normalized spacial score (nSPS) is 10.8. The number of thiazole rings is 1. The van der Waals surface area contributed by atoms with Gasteiger partial charge in [-0.05, 0) is 36.2 Å². The van der Waals surface area contributed by atoms with Crippen molar-refractivity contribution in [2.24, 2.45) is 0 Å². The number of aromatic amines is 1. The zero-order valence-corrected chi connectivity index (χ0v) is 11.1. The fraction of sp³-hybridized carbons (Fsp3) is 0.0667. The van der Waals surface area contributed by atoms with Crippen molar-refractivity contribution in [3.8, 4) is 11.1 Å². The Bertz CT molecular complexity index is 829. The van der Waals surface area contributed by atoms with Gasteiger partial charge in [0.25, 0.3) is 0 Å². The maximum atomic E-state index is 11.4. The van der Waals surface area contributed by atoms with Crippen LogP contribution in [0.25, 0.3) is 21.3 Å². The van der Waals surface area contributed by atoms with Gasteiger partial charge in [0.15, 0.2) is 5.78 Å². The zero-order valence-electron chi connectivity index (χ0n) is 10.3. The Balaban J connectivity index is 2.15. The molecule has 3 nitrogen and oxygen atoms in total. The average molecular weight is 269 g/mol. The van der Waals surface area contributed by atoms with E-state index in [1.165, 1.54) is 11.3 Å².